The molecule has 0 spiro atoms. The van der Waals surface area contributed by atoms with Gasteiger partial charge in [0.05, 0.1) is 22.6 Å². The first-order valence-corrected chi connectivity index (χ1v) is 8.85. The summed E-state index contributed by atoms with van der Waals surface area (Å²) in [7, 11) is -0.499. The van der Waals surface area contributed by atoms with Gasteiger partial charge in [-0.25, -0.2) is 0 Å². The Bertz CT molecular complexity index is 658. The van der Waals surface area contributed by atoms with Crippen molar-refractivity contribution in [1.82, 2.24) is 0 Å². The molecule has 0 bridgehead atoms. The summed E-state index contributed by atoms with van der Waals surface area (Å²) in [5.74, 6) is 0.496. The molecule has 1 heterocycles. The SMILES string of the molecule is CC(=O)SCC(=Cc1ccc(N)c(N)c1)B1OC(C)(C)C(C)(C)O1. The van der Waals surface area contributed by atoms with Gasteiger partial charge < -0.3 is 20.8 Å². The van der Waals surface area contributed by atoms with E-state index in [0.717, 1.165) is 11.0 Å². The Labute approximate surface area is 148 Å². The molecule has 1 fully saturated rings. The number of nitrogen functional groups attached to an aromatic ring is 2. The molecule has 1 aromatic rings. The molecule has 7 heteroatoms. The van der Waals surface area contributed by atoms with Gasteiger partial charge in [-0.2, -0.15) is 0 Å². The number of carbonyl (C=O) groups excluding carboxylic acids is 1. The fraction of sp³-hybridized carbons (Fsp3) is 0.471. The molecule has 0 amide bonds. The van der Waals surface area contributed by atoms with Crippen molar-refractivity contribution < 1.29 is 14.1 Å². The minimum absolute atomic E-state index is 0.0502. The Morgan fingerprint density at radius 1 is 1.17 bits per heavy atom. The summed E-state index contributed by atoms with van der Waals surface area (Å²) in [5, 5.41) is 0.0502. The van der Waals surface area contributed by atoms with E-state index < -0.39 is 18.3 Å². The second-order valence-corrected chi connectivity index (χ2v) is 8.13. The van der Waals surface area contributed by atoms with Crippen LogP contribution in [0.5, 0.6) is 0 Å². The maximum Gasteiger partial charge on any atom is 0.491 e. The lowest BCUT2D eigenvalue weighted by molar-refractivity contribution is -0.109. The van der Waals surface area contributed by atoms with E-state index in [-0.39, 0.29) is 5.12 Å². The lowest BCUT2D eigenvalue weighted by Crippen LogP contribution is -2.41. The van der Waals surface area contributed by atoms with Crippen LogP contribution in [0.25, 0.3) is 6.08 Å². The van der Waals surface area contributed by atoms with Crippen molar-refractivity contribution in [3.63, 3.8) is 0 Å². The molecular formula is C17H25BN2O3S. The van der Waals surface area contributed by atoms with Crippen LogP contribution >= 0.6 is 11.8 Å². The lowest BCUT2D eigenvalue weighted by Gasteiger charge is -2.32. The fourth-order valence-corrected chi connectivity index (χ4v) is 2.84. The van der Waals surface area contributed by atoms with Crippen LogP contribution in [0.3, 0.4) is 0 Å². The van der Waals surface area contributed by atoms with E-state index in [9.17, 15) is 4.79 Å². The molecule has 130 valence electrons. The lowest BCUT2D eigenvalue weighted by atomic mass is 9.78. The van der Waals surface area contributed by atoms with Gasteiger partial charge in [-0.15, -0.1) is 0 Å². The van der Waals surface area contributed by atoms with Gasteiger partial charge in [-0.05, 0) is 50.9 Å². The number of nitrogens with two attached hydrogens (primary N) is 2. The van der Waals surface area contributed by atoms with Gasteiger partial charge in [0.25, 0.3) is 0 Å². The summed E-state index contributed by atoms with van der Waals surface area (Å²) in [4.78, 5) is 11.4. The summed E-state index contributed by atoms with van der Waals surface area (Å²) in [6, 6.07) is 5.45. The highest BCUT2D eigenvalue weighted by Gasteiger charge is 2.52. The second-order valence-electron chi connectivity index (χ2n) is 6.98. The van der Waals surface area contributed by atoms with Crippen LogP contribution < -0.4 is 11.5 Å². The highest BCUT2D eigenvalue weighted by Crippen LogP contribution is 2.39. The van der Waals surface area contributed by atoms with Crippen molar-refractivity contribution in [1.29, 1.82) is 0 Å². The van der Waals surface area contributed by atoms with E-state index in [2.05, 4.69) is 0 Å². The summed E-state index contributed by atoms with van der Waals surface area (Å²) in [6.07, 6.45) is 1.95. The zero-order valence-electron chi connectivity index (χ0n) is 14.9. The van der Waals surface area contributed by atoms with Crippen molar-refractivity contribution in [3.8, 4) is 0 Å². The third-order valence-electron chi connectivity index (χ3n) is 4.46. The van der Waals surface area contributed by atoms with Crippen LogP contribution in [-0.4, -0.2) is 29.2 Å². The number of carbonyl (C=O) groups is 1. The third-order valence-corrected chi connectivity index (χ3v) is 5.35. The Balaban J connectivity index is 2.33. The fourth-order valence-electron chi connectivity index (χ4n) is 2.25. The molecule has 2 rings (SSSR count). The van der Waals surface area contributed by atoms with Crippen molar-refractivity contribution in [2.45, 2.75) is 45.8 Å². The minimum atomic E-state index is -0.499. The molecule has 1 aliphatic heterocycles. The van der Waals surface area contributed by atoms with Gasteiger partial charge >= 0.3 is 7.12 Å². The van der Waals surface area contributed by atoms with Crippen molar-refractivity contribution in [2.24, 2.45) is 0 Å². The Kier molecular flexibility index (Phi) is 5.37. The predicted molar refractivity (Wildman–Crippen MR) is 102 cm³/mol. The summed E-state index contributed by atoms with van der Waals surface area (Å²) >= 11 is 1.23. The normalized spacial score (nSPS) is 19.5. The van der Waals surface area contributed by atoms with E-state index in [1.54, 1.807) is 19.1 Å². The first kappa shape index (κ1) is 18.9. The third kappa shape index (κ3) is 4.15. The largest absolute Gasteiger partial charge is 0.491 e. The average molecular weight is 348 g/mol. The highest BCUT2D eigenvalue weighted by molar-refractivity contribution is 8.13. The van der Waals surface area contributed by atoms with Crippen molar-refractivity contribution >= 4 is 41.4 Å². The zero-order chi connectivity index (χ0) is 18.1. The van der Waals surface area contributed by atoms with Crippen LogP contribution in [0, 0.1) is 0 Å². The number of rotatable bonds is 4. The van der Waals surface area contributed by atoms with Gasteiger partial charge in [-0.1, -0.05) is 23.9 Å². The Morgan fingerprint density at radius 3 is 2.25 bits per heavy atom. The van der Waals surface area contributed by atoms with E-state index in [0.29, 0.717) is 17.1 Å². The van der Waals surface area contributed by atoms with Crippen LogP contribution in [0.2, 0.25) is 0 Å². The first-order chi connectivity index (χ1) is 11.0. The quantitative estimate of drug-likeness (QED) is 0.642. The maximum atomic E-state index is 11.4. The topological polar surface area (TPSA) is 87.6 Å². The van der Waals surface area contributed by atoms with Gasteiger partial charge in [0.2, 0.25) is 0 Å². The number of benzene rings is 1. The smallest absolute Gasteiger partial charge is 0.400 e. The second kappa shape index (κ2) is 6.82. The molecule has 0 unspecified atom stereocenters. The molecule has 1 saturated heterocycles. The first-order valence-electron chi connectivity index (χ1n) is 7.86. The molecule has 4 N–H and O–H groups in total. The van der Waals surface area contributed by atoms with E-state index in [1.165, 1.54) is 11.8 Å². The Hall–Kier alpha value is -1.44. The van der Waals surface area contributed by atoms with Crippen LogP contribution in [-0.2, 0) is 14.1 Å². The average Bonchev–Trinajstić information content (AvgIpc) is 2.67. The summed E-state index contributed by atoms with van der Waals surface area (Å²) in [5.41, 5.74) is 13.6. The monoisotopic (exact) mass is 348 g/mol. The molecule has 0 aliphatic carbocycles. The van der Waals surface area contributed by atoms with Gasteiger partial charge in [0.15, 0.2) is 5.12 Å². The van der Waals surface area contributed by atoms with Crippen LogP contribution in [0.1, 0.15) is 40.2 Å². The maximum absolute atomic E-state index is 11.4. The summed E-state index contributed by atoms with van der Waals surface area (Å²) in [6.45, 7) is 9.56. The standard InChI is InChI=1S/C17H25BN2O3S/c1-11(21)24-10-13(8-12-6-7-14(19)15(20)9-12)18-22-16(2,3)17(4,5)23-18/h6-9H,10,19-20H2,1-5H3. The molecule has 1 aliphatic rings. The van der Waals surface area contributed by atoms with Crippen molar-refractivity contribution in [2.75, 3.05) is 17.2 Å². The molecule has 24 heavy (non-hydrogen) atoms. The number of thioether (sulfide) groups is 1. The van der Waals surface area contributed by atoms with E-state index in [1.807, 2.05) is 39.8 Å². The predicted octanol–water partition coefficient (Wildman–Crippen LogP) is 3.15. The molecule has 1 aromatic carbocycles. The zero-order valence-corrected chi connectivity index (χ0v) is 15.7. The van der Waals surface area contributed by atoms with Crippen LogP contribution in [0.4, 0.5) is 11.4 Å². The minimum Gasteiger partial charge on any atom is -0.400 e. The molecular weight excluding hydrogens is 323 g/mol. The molecule has 0 saturated carbocycles. The summed E-state index contributed by atoms with van der Waals surface area (Å²) < 4.78 is 12.2. The number of anilines is 2. The molecule has 0 radical (unpaired) electrons. The molecule has 5 nitrogen and oxygen atoms in total. The number of hydrogen-bond acceptors (Lipinski definition) is 6. The van der Waals surface area contributed by atoms with Gasteiger partial charge in [0, 0.05) is 12.7 Å². The van der Waals surface area contributed by atoms with Gasteiger partial charge in [-0.3, -0.25) is 4.79 Å². The number of hydrogen-bond donors (Lipinski definition) is 2. The van der Waals surface area contributed by atoms with E-state index in [4.69, 9.17) is 20.8 Å². The molecule has 0 atom stereocenters. The Morgan fingerprint density at radius 2 is 1.75 bits per heavy atom. The van der Waals surface area contributed by atoms with Crippen molar-refractivity contribution in [3.05, 3.63) is 29.2 Å². The van der Waals surface area contributed by atoms with Crippen LogP contribution in [0.15, 0.2) is 23.7 Å². The van der Waals surface area contributed by atoms with E-state index >= 15 is 0 Å². The highest BCUT2D eigenvalue weighted by atomic mass is 32.2. The van der Waals surface area contributed by atoms with Gasteiger partial charge in [0.1, 0.15) is 0 Å². The molecule has 0 aromatic heterocycles.